The van der Waals surface area contributed by atoms with E-state index < -0.39 is 11.6 Å². The highest BCUT2D eigenvalue weighted by molar-refractivity contribution is 5.88. The van der Waals surface area contributed by atoms with Crippen molar-refractivity contribution < 1.29 is 28.9 Å². The molecule has 7 nitrogen and oxygen atoms in total. The molecular formula is C22H27NO6. The van der Waals surface area contributed by atoms with Crippen LogP contribution in [0.25, 0.3) is 0 Å². The summed E-state index contributed by atoms with van der Waals surface area (Å²) in [5.41, 5.74) is -0.237. The summed E-state index contributed by atoms with van der Waals surface area (Å²) in [6.45, 7) is 4.16. The van der Waals surface area contributed by atoms with Crippen LogP contribution in [0.4, 0.5) is 0 Å². The van der Waals surface area contributed by atoms with Gasteiger partial charge >= 0.3 is 5.97 Å². The molecule has 29 heavy (non-hydrogen) atoms. The number of nitrogens with zero attached hydrogens (tertiary/aromatic N) is 1. The Labute approximate surface area is 170 Å². The van der Waals surface area contributed by atoms with Crippen LogP contribution in [0, 0.1) is 0 Å². The molecule has 0 aliphatic carbocycles. The first-order valence-electron chi connectivity index (χ1n) is 9.54. The van der Waals surface area contributed by atoms with E-state index in [1.54, 1.807) is 6.92 Å². The third-order valence-electron chi connectivity index (χ3n) is 4.48. The summed E-state index contributed by atoms with van der Waals surface area (Å²) in [6, 6.07) is 11.0. The van der Waals surface area contributed by atoms with E-state index in [0.29, 0.717) is 24.9 Å². The molecule has 7 heteroatoms. The van der Waals surface area contributed by atoms with Gasteiger partial charge in [0.25, 0.3) is 0 Å². The fraction of sp³-hybridized carbons (Fsp3) is 0.409. The summed E-state index contributed by atoms with van der Waals surface area (Å²) in [7, 11) is 1.40. The topological polar surface area (TPSA) is 95.0 Å². The molecule has 1 aromatic heterocycles. The maximum atomic E-state index is 12.3. The zero-order valence-electron chi connectivity index (χ0n) is 17.0. The van der Waals surface area contributed by atoms with Gasteiger partial charge in [0.05, 0.1) is 26.9 Å². The maximum absolute atomic E-state index is 12.3. The van der Waals surface area contributed by atoms with Gasteiger partial charge in [-0.05, 0) is 24.5 Å². The van der Waals surface area contributed by atoms with Gasteiger partial charge in [-0.25, -0.2) is 9.78 Å². The third kappa shape index (κ3) is 5.62. The Morgan fingerprint density at radius 1 is 1.21 bits per heavy atom. The van der Waals surface area contributed by atoms with Crippen LogP contribution in [0.3, 0.4) is 0 Å². The quantitative estimate of drug-likeness (QED) is 0.456. The molecule has 1 N–H and O–H groups in total. The van der Waals surface area contributed by atoms with Crippen LogP contribution >= 0.6 is 0 Å². The number of benzene rings is 1. The molecule has 0 amide bonds. The number of pyridine rings is 1. The van der Waals surface area contributed by atoms with Crippen molar-refractivity contribution in [2.75, 3.05) is 13.7 Å². The van der Waals surface area contributed by atoms with Crippen LogP contribution < -0.4 is 4.74 Å². The van der Waals surface area contributed by atoms with Gasteiger partial charge in [-0.15, -0.1) is 0 Å². The predicted octanol–water partition coefficient (Wildman–Crippen LogP) is 3.17. The molecule has 0 aliphatic heterocycles. The smallest absolute Gasteiger partial charge is 0.357 e. The molecule has 0 bridgehead atoms. The molecule has 0 spiro atoms. The second kappa shape index (κ2) is 10.7. The van der Waals surface area contributed by atoms with Crippen molar-refractivity contribution in [3.05, 3.63) is 58.8 Å². The van der Waals surface area contributed by atoms with Crippen LogP contribution in [0.5, 0.6) is 5.88 Å². The molecule has 1 atom stereocenters. The zero-order valence-corrected chi connectivity index (χ0v) is 17.0. The molecule has 1 heterocycles. The molecule has 0 saturated carbocycles. The summed E-state index contributed by atoms with van der Waals surface area (Å²) >= 11 is 0. The van der Waals surface area contributed by atoms with E-state index in [0.717, 1.165) is 5.56 Å². The van der Waals surface area contributed by atoms with E-state index in [9.17, 15) is 14.7 Å². The first kappa shape index (κ1) is 22.5. The minimum Gasteiger partial charge on any atom is -0.481 e. The van der Waals surface area contributed by atoms with Crippen molar-refractivity contribution in [3.8, 4) is 5.88 Å². The van der Waals surface area contributed by atoms with E-state index in [1.807, 2.05) is 37.3 Å². The number of aldehydes is 1. The highest BCUT2D eigenvalue weighted by atomic mass is 16.5. The third-order valence-corrected chi connectivity index (χ3v) is 4.48. The number of ether oxygens (including phenoxy) is 3. The van der Waals surface area contributed by atoms with Crippen molar-refractivity contribution in [3.63, 3.8) is 0 Å². The number of methoxy groups -OCH3 is 1. The highest BCUT2D eigenvalue weighted by Crippen LogP contribution is 2.32. The lowest BCUT2D eigenvalue weighted by Gasteiger charge is -2.25. The fourth-order valence-corrected chi connectivity index (χ4v) is 2.80. The van der Waals surface area contributed by atoms with Crippen molar-refractivity contribution in [2.24, 2.45) is 0 Å². The molecule has 0 radical (unpaired) electrons. The van der Waals surface area contributed by atoms with Crippen LogP contribution in [0.15, 0.2) is 36.4 Å². The molecule has 0 aliphatic rings. The Morgan fingerprint density at radius 3 is 2.52 bits per heavy atom. The second-order valence-corrected chi connectivity index (χ2v) is 6.55. The van der Waals surface area contributed by atoms with Crippen molar-refractivity contribution in [1.29, 1.82) is 0 Å². The average molecular weight is 401 g/mol. The van der Waals surface area contributed by atoms with Crippen LogP contribution in [0.1, 0.15) is 53.9 Å². The van der Waals surface area contributed by atoms with Gasteiger partial charge in [0.1, 0.15) is 5.60 Å². The summed E-state index contributed by atoms with van der Waals surface area (Å²) in [5.74, 6) is -0.541. The molecule has 0 fully saturated rings. The van der Waals surface area contributed by atoms with Gasteiger partial charge in [-0.2, -0.15) is 0 Å². The SMILES string of the molecule is CCCOC(=O)c1cc([C@](O)(C=O)CC)c(COCc2ccccc2)c(OC)n1. The Bertz CT molecular complexity index is 824. The number of carbonyl (C=O) groups is 2. The van der Waals surface area contributed by atoms with E-state index in [2.05, 4.69) is 4.98 Å². The Morgan fingerprint density at radius 2 is 1.93 bits per heavy atom. The number of hydrogen-bond acceptors (Lipinski definition) is 7. The normalized spacial score (nSPS) is 12.8. The first-order valence-corrected chi connectivity index (χ1v) is 9.54. The van der Waals surface area contributed by atoms with Crippen molar-refractivity contribution in [2.45, 2.75) is 45.5 Å². The first-order chi connectivity index (χ1) is 14.0. The number of aromatic nitrogens is 1. The molecule has 0 unspecified atom stereocenters. The standard InChI is InChI=1S/C22H27NO6/c1-4-11-29-21(25)19-12-18(22(26,5-2)15-24)17(20(23-19)27-3)14-28-13-16-9-7-6-8-10-16/h6-10,12,15,26H,4-5,11,13-14H2,1-3H3/t22-/m1/s1. The van der Waals surface area contributed by atoms with Crippen LogP contribution in [-0.2, 0) is 33.1 Å². The van der Waals surface area contributed by atoms with Gasteiger partial charge in [0, 0.05) is 11.1 Å². The predicted molar refractivity (Wildman–Crippen MR) is 107 cm³/mol. The molecule has 1 aromatic carbocycles. The number of rotatable bonds is 11. The van der Waals surface area contributed by atoms with Gasteiger partial charge in [-0.3, -0.25) is 4.79 Å². The van der Waals surface area contributed by atoms with E-state index in [4.69, 9.17) is 14.2 Å². The summed E-state index contributed by atoms with van der Waals surface area (Å²) in [5, 5.41) is 10.8. The Kier molecular flexibility index (Phi) is 8.30. The lowest BCUT2D eigenvalue weighted by Crippen LogP contribution is -2.29. The van der Waals surface area contributed by atoms with E-state index >= 15 is 0 Å². The molecule has 2 aromatic rings. The molecular weight excluding hydrogens is 374 g/mol. The fourth-order valence-electron chi connectivity index (χ4n) is 2.80. The van der Waals surface area contributed by atoms with Gasteiger partial charge in [0.2, 0.25) is 5.88 Å². The number of carbonyl (C=O) groups excluding carboxylic acids is 2. The van der Waals surface area contributed by atoms with Crippen LogP contribution in [0.2, 0.25) is 0 Å². The number of esters is 1. The summed E-state index contributed by atoms with van der Waals surface area (Å²) in [4.78, 5) is 28.2. The monoisotopic (exact) mass is 401 g/mol. The Hall–Kier alpha value is -2.77. The lowest BCUT2D eigenvalue weighted by molar-refractivity contribution is -0.125. The minimum absolute atomic E-state index is 0.0363. The van der Waals surface area contributed by atoms with E-state index in [1.165, 1.54) is 13.2 Å². The Balaban J connectivity index is 2.40. The lowest BCUT2D eigenvalue weighted by atomic mass is 9.89. The van der Waals surface area contributed by atoms with Crippen LogP contribution in [-0.4, -0.2) is 36.1 Å². The molecule has 2 rings (SSSR count). The molecule has 156 valence electrons. The van der Waals surface area contributed by atoms with E-state index in [-0.39, 0.29) is 36.8 Å². The zero-order chi connectivity index (χ0) is 21.3. The van der Waals surface area contributed by atoms with Gasteiger partial charge in [0.15, 0.2) is 12.0 Å². The maximum Gasteiger partial charge on any atom is 0.357 e. The van der Waals surface area contributed by atoms with Crippen molar-refractivity contribution >= 4 is 12.3 Å². The number of aliphatic hydroxyl groups is 1. The molecule has 0 saturated heterocycles. The van der Waals surface area contributed by atoms with Gasteiger partial charge in [-0.1, -0.05) is 44.2 Å². The van der Waals surface area contributed by atoms with Gasteiger partial charge < -0.3 is 19.3 Å². The second-order valence-electron chi connectivity index (χ2n) is 6.55. The largest absolute Gasteiger partial charge is 0.481 e. The highest BCUT2D eigenvalue weighted by Gasteiger charge is 2.33. The average Bonchev–Trinajstić information content (AvgIpc) is 2.77. The summed E-state index contributed by atoms with van der Waals surface area (Å²) in [6.07, 6.45) is 1.22. The van der Waals surface area contributed by atoms with Crippen molar-refractivity contribution in [1.82, 2.24) is 4.98 Å². The minimum atomic E-state index is -1.80. The number of hydrogen-bond donors (Lipinski definition) is 1. The summed E-state index contributed by atoms with van der Waals surface area (Å²) < 4.78 is 16.2.